The van der Waals surface area contributed by atoms with Crippen LogP contribution in [0.4, 0.5) is 0 Å². The SMILES string of the molecule is [2H]C1([2H])NC([2H])([2H])C([2H])(Br)C([2H])([2H])C1([2H])[2H]. The van der Waals surface area contributed by atoms with E-state index in [4.69, 9.17) is 12.3 Å². The van der Waals surface area contributed by atoms with Crippen LogP contribution >= 0.6 is 15.9 Å². The van der Waals surface area contributed by atoms with Crippen molar-refractivity contribution in [2.24, 2.45) is 0 Å². The zero-order chi connectivity index (χ0) is 13.2. The van der Waals surface area contributed by atoms with Crippen molar-refractivity contribution in [2.45, 2.75) is 17.5 Å². The van der Waals surface area contributed by atoms with Crippen LogP contribution in [-0.2, 0) is 0 Å². The lowest BCUT2D eigenvalue weighted by Gasteiger charge is -2.15. The van der Waals surface area contributed by atoms with Gasteiger partial charge in [0.05, 0.1) is 0 Å². The second-order valence-electron chi connectivity index (χ2n) is 0.939. The van der Waals surface area contributed by atoms with E-state index in [-0.39, 0.29) is 0 Å². The highest BCUT2D eigenvalue weighted by Crippen LogP contribution is 2.09. The summed E-state index contributed by atoms with van der Waals surface area (Å²) in [4.78, 5) is -2.64. The smallest absolute Gasteiger partial charge is 0.0439 e. The lowest BCUT2D eigenvalue weighted by Crippen LogP contribution is -2.29. The lowest BCUT2D eigenvalue weighted by molar-refractivity contribution is 0.536. The first-order valence-corrected chi connectivity index (χ1v) is 2.48. The van der Waals surface area contributed by atoms with Crippen LogP contribution in [-0.4, -0.2) is 17.8 Å². The van der Waals surface area contributed by atoms with Crippen LogP contribution in [0.1, 0.15) is 25.1 Å². The van der Waals surface area contributed by atoms with Gasteiger partial charge in [0.25, 0.3) is 0 Å². The van der Waals surface area contributed by atoms with Gasteiger partial charge < -0.3 is 5.32 Å². The molecule has 0 aromatic rings. The summed E-state index contributed by atoms with van der Waals surface area (Å²) in [5.74, 6) is 0. The molecule has 0 spiro atoms. The second-order valence-corrected chi connectivity index (χ2v) is 1.73. The number of rotatable bonds is 0. The van der Waals surface area contributed by atoms with E-state index in [0.29, 0.717) is 0 Å². The molecule has 1 N–H and O–H groups in total. The first-order chi connectivity index (χ1) is 6.71. The molecule has 1 fully saturated rings. The Balaban J connectivity index is 3.43. The summed E-state index contributed by atoms with van der Waals surface area (Å²) in [5.41, 5.74) is 0. The van der Waals surface area contributed by atoms with Gasteiger partial charge in [-0.25, -0.2) is 0 Å². The van der Waals surface area contributed by atoms with Crippen molar-refractivity contribution in [3.05, 3.63) is 0 Å². The number of halogens is 1. The molecule has 1 aliphatic rings. The van der Waals surface area contributed by atoms with Crippen LogP contribution in [0.5, 0.6) is 0 Å². The molecule has 1 rings (SSSR count). The van der Waals surface area contributed by atoms with Crippen LogP contribution < -0.4 is 5.32 Å². The van der Waals surface area contributed by atoms with E-state index in [1.54, 1.807) is 5.32 Å². The van der Waals surface area contributed by atoms with Gasteiger partial charge in [0.2, 0.25) is 0 Å². The van der Waals surface area contributed by atoms with E-state index in [9.17, 15) is 0 Å². The summed E-state index contributed by atoms with van der Waals surface area (Å²) in [5, 5.41) is 1.69. The van der Waals surface area contributed by atoms with Gasteiger partial charge in [-0.3, -0.25) is 0 Å². The maximum absolute atomic E-state index is 7.56. The highest BCUT2D eigenvalue weighted by atomic mass is 79.9. The molecule has 0 radical (unpaired) electrons. The van der Waals surface area contributed by atoms with E-state index in [0.717, 1.165) is 0 Å². The van der Waals surface area contributed by atoms with Gasteiger partial charge in [0.1, 0.15) is 0 Å². The topological polar surface area (TPSA) is 12.0 Å². The van der Waals surface area contributed by atoms with Gasteiger partial charge in [-0.15, -0.1) is 0 Å². The third kappa shape index (κ3) is 1.78. The van der Waals surface area contributed by atoms with Gasteiger partial charge in [-0.05, 0) is 19.2 Å². The Hall–Kier alpha value is 0.440. The van der Waals surface area contributed by atoms with Crippen LogP contribution in [0, 0.1) is 0 Å². The summed E-state index contributed by atoms with van der Waals surface area (Å²) in [6.45, 7) is -5.68. The maximum atomic E-state index is 7.56. The van der Waals surface area contributed by atoms with Crippen molar-refractivity contribution in [2.75, 3.05) is 13.0 Å². The van der Waals surface area contributed by atoms with E-state index >= 15 is 0 Å². The first-order valence-electron chi connectivity index (χ1n) is 6.19. The Morgan fingerprint density at radius 3 is 3.71 bits per heavy atom. The lowest BCUT2D eigenvalue weighted by atomic mass is 10.2. The fourth-order valence-electron chi connectivity index (χ4n) is 0.235. The van der Waals surface area contributed by atoms with Crippen molar-refractivity contribution in [1.82, 2.24) is 5.32 Å². The molecular weight excluding hydrogens is 154 g/mol. The zero-order valence-corrected chi connectivity index (χ0v) is 4.96. The zero-order valence-electron chi connectivity index (χ0n) is 12.4. The molecule has 1 unspecified atom stereocenters. The molecular formula is C5H10BrN. The Bertz CT molecular complexity index is 283. The molecule has 0 saturated carbocycles. The number of nitrogens with one attached hydrogen (secondary N) is 1. The fraction of sp³-hybridized carbons (Fsp3) is 1.00. The largest absolute Gasteiger partial charge is 0.316 e. The number of hydrogen-bond acceptors (Lipinski definition) is 1. The number of piperidine rings is 1. The summed E-state index contributed by atoms with van der Waals surface area (Å²) in [6, 6.07) is 0. The first kappa shape index (κ1) is 1.14. The number of alkyl halides is 1. The highest BCUT2D eigenvalue weighted by Gasteiger charge is 2.06. The summed E-state index contributed by atoms with van der Waals surface area (Å²) < 4.78 is 66.7. The molecule has 0 aromatic carbocycles. The Morgan fingerprint density at radius 1 is 2.00 bits per heavy atom. The second kappa shape index (κ2) is 2.68. The average molecular weight is 173 g/mol. The monoisotopic (exact) mass is 172 g/mol. The van der Waals surface area contributed by atoms with E-state index in [2.05, 4.69) is 15.9 Å². The quantitative estimate of drug-likeness (QED) is 0.541. The minimum absolute atomic E-state index is 1.69. The van der Waals surface area contributed by atoms with Gasteiger partial charge in [0.15, 0.2) is 0 Å². The maximum Gasteiger partial charge on any atom is 0.0439 e. The summed E-state index contributed by atoms with van der Waals surface area (Å²) >= 11 is 2.51. The molecule has 1 aliphatic heterocycles. The highest BCUT2D eigenvalue weighted by molar-refractivity contribution is 9.09. The van der Waals surface area contributed by atoms with Gasteiger partial charge in [-0.2, -0.15) is 0 Å². The van der Waals surface area contributed by atoms with E-state index < -0.39 is 30.5 Å². The third-order valence-corrected chi connectivity index (χ3v) is 0.866. The van der Waals surface area contributed by atoms with Crippen LogP contribution in [0.15, 0.2) is 0 Å². The van der Waals surface area contributed by atoms with Crippen molar-refractivity contribution >= 4 is 15.9 Å². The average Bonchev–Trinajstić information content (AvgIpc) is 1.98. The van der Waals surface area contributed by atoms with Crippen molar-refractivity contribution in [3.63, 3.8) is 0 Å². The van der Waals surface area contributed by atoms with Gasteiger partial charge in [0, 0.05) is 23.6 Å². The molecule has 1 atom stereocenters. The predicted octanol–water partition coefficient (Wildman–Crippen LogP) is 1.13. The van der Waals surface area contributed by atoms with E-state index in [1.165, 1.54) is 0 Å². The Morgan fingerprint density at radius 2 is 2.86 bits per heavy atom. The van der Waals surface area contributed by atoms with Crippen LogP contribution in [0.25, 0.3) is 0 Å². The Labute approximate surface area is 65.3 Å². The third-order valence-electron chi connectivity index (χ3n) is 0.469. The van der Waals surface area contributed by atoms with Crippen molar-refractivity contribution in [1.29, 1.82) is 0 Å². The molecule has 2 heteroatoms. The molecule has 0 bridgehead atoms. The van der Waals surface area contributed by atoms with Crippen LogP contribution in [0.2, 0.25) is 0 Å². The van der Waals surface area contributed by atoms with Gasteiger partial charge in [-0.1, -0.05) is 15.9 Å². The molecule has 1 nitrogen and oxygen atoms in total. The molecule has 42 valence electrons. The minimum Gasteiger partial charge on any atom is -0.316 e. The molecule has 1 saturated heterocycles. The predicted molar refractivity (Wildman–Crippen MR) is 34.8 cm³/mol. The van der Waals surface area contributed by atoms with E-state index in [1.807, 2.05) is 0 Å². The van der Waals surface area contributed by atoms with Crippen molar-refractivity contribution < 1.29 is 12.3 Å². The minimum atomic E-state index is -3.06. The molecule has 0 aliphatic carbocycles. The van der Waals surface area contributed by atoms with Crippen molar-refractivity contribution in [3.8, 4) is 0 Å². The molecule has 0 amide bonds. The fourth-order valence-corrected chi connectivity index (χ4v) is 0.433. The van der Waals surface area contributed by atoms with Gasteiger partial charge >= 0.3 is 0 Å². The normalized spacial score (nSPS) is 91.3. The molecule has 7 heavy (non-hydrogen) atoms. The Kier molecular flexibility index (Phi) is 0.436. The summed E-state index contributed by atoms with van der Waals surface area (Å²) in [6.07, 6.45) is -6.12. The molecule has 1 heterocycles. The number of hydrogen-bond donors (Lipinski definition) is 1. The molecule has 0 aromatic heterocycles. The standard InChI is InChI=1S/C5H10BrN/c6-5-2-1-3-7-4-5/h5,7H,1-4H2/i1D2,2D2,3D2,4D2,5D. The summed E-state index contributed by atoms with van der Waals surface area (Å²) in [7, 11) is 0. The van der Waals surface area contributed by atoms with Crippen LogP contribution in [0.3, 0.4) is 0 Å².